The highest BCUT2D eigenvalue weighted by molar-refractivity contribution is 5.98. The zero-order chi connectivity index (χ0) is 21.8. The van der Waals surface area contributed by atoms with Crippen LogP contribution in [-0.2, 0) is 16.0 Å². The Balaban J connectivity index is 1.50. The summed E-state index contributed by atoms with van der Waals surface area (Å²) in [7, 11) is 1.63. The molecule has 6 nitrogen and oxygen atoms in total. The minimum Gasteiger partial charge on any atom is -0.497 e. The average molecular weight is 420 g/mol. The van der Waals surface area contributed by atoms with Crippen molar-refractivity contribution in [3.63, 3.8) is 0 Å². The Morgan fingerprint density at radius 2 is 2.00 bits per heavy atom. The number of aryl methyl sites for hydroxylation is 1. The molecule has 0 bridgehead atoms. The highest BCUT2D eigenvalue weighted by Crippen LogP contribution is 2.31. The van der Waals surface area contributed by atoms with Gasteiger partial charge in [0.2, 0.25) is 5.91 Å². The molecule has 31 heavy (non-hydrogen) atoms. The van der Waals surface area contributed by atoms with Gasteiger partial charge in [-0.25, -0.2) is 0 Å². The monoisotopic (exact) mass is 419 g/mol. The van der Waals surface area contributed by atoms with Crippen molar-refractivity contribution in [2.45, 2.75) is 32.8 Å². The van der Waals surface area contributed by atoms with Crippen LogP contribution in [0.15, 0.2) is 48.5 Å². The van der Waals surface area contributed by atoms with Gasteiger partial charge in [0.15, 0.2) is 0 Å². The minimum atomic E-state index is -0.0588. The molecular weight excluding hydrogens is 390 g/mol. The molecule has 1 aromatic heterocycles. The number of methoxy groups -OCH3 is 1. The third kappa shape index (κ3) is 4.97. The number of rotatable bonds is 7. The van der Waals surface area contributed by atoms with E-state index in [-0.39, 0.29) is 12.0 Å². The Morgan fingerprint density at radius 1 is 1.19 bits per heavy atom. The van der Waals surface area contributed by atoms with Gasteiger partial charge in [-0.1, -0.05) is 12.1 Å². The fraction of sp³-hybridized carbons (Fsp3) is 0.360. The van der Waals surface area contributed by atoms with E-state index in [9.17, 15) is 4.79 Å². The predicted molar refractivity (Wildman–Crippen MR) is 124 cm³/mol. The summed E-state index contributed by atoms with van der Waals surface area (Å²) in [5.41, 5.74) is 4.72. The third-order valence-corrected chi connectivity index (χ3v) is 5.61. The zero-order valence-electron chi connectivity index (χ0n) is 18.4. The van der Waals surface area contributed by atoms with Crippen molar-refractivity contribution in [1.82, 2.24) is 4.98 Å². The van der Waals surface area contributed by atoms with Gasteiger partial charge >= 0.3 is 0 Å². The molecule has 1 atom stereocenters. The fourth-order valence-corrected chi connectivity index (χ4v) is 4.13. The van der Waals surface area contributed by atoms with Crippen LogP contribution in [0.1, 0.15) is 24.6 Å². The number of hydrogen-bond acceptors (Lipinski definition) is 5. The van der Waals surface area contributed by atoms with Crippen LogP contribution < -0.4 is 15.0 Å². The molecule has 2 aromatic carbocycles. The summed E-state index contributed by atoms with van der Waals surface area (Å²) in [5, 5.41) is 4.09. The van der Waals surface area contributed by atoms with Gasteiger partial charge in [0.25, 0.3) is 0 Å². The van der Waals surface area contributed by atoms with E-state index in [0.717, 1.165) is 59.7 Å². The SMILES string of the molecule is CCO[C@H]1CCN(c2cc(C)nc3cc(NC(=O)Cc4ccc(OC)cc4)ccc23)C1. The second kappa shape index (κ2) is 9.35. The van der Waals surface area contributed by atoms with E-state index in [0.29, 0.717) is 6.42 Å². The lowest BCUT2D eigenvalue weighted by Gasteiger charge is -2.21. The number of anilines is 2. The molecule has 0 saturated carbocycles. The summed E-state index contributed by atoms with van der Waals surface area (Å²) < 4.78 is 11.0. The number of nitrogens with zero attached hydrogens (tertiary/aromatic N) is 2. The fourth-order valence-electron chi connectivity index (χ4n) is 4.13. The first kappa shape index (κ1) is 21.1. The molecule has 1 amide bonds. The van der Waals surface area contributed by atoms with Crippen molar-refractivity contribution < 1.29 is 14.3 Å². The molecule has 0 aliphatic carbocycles. The second-order valence-electron chi connectivity index (χ2n) is 7.90. The average Bonchev–Trinajstić information content (AvgIpc) is 3.22. The van der Waals surface area contributed by atoms with Crippen molar-refractivity contribution in [3.8, 4) is 5.75 Å². The van der Waals surface area contributed by atoms with E-state index in [1.165, 1.54) is 5.69 Å². The van der Waals surface area contributed by atoms with Gasteiger partial charge in [-0.15, -0.1) is 0 Å². The Kier molecular flexibility index (Phi) is 6.37. The molecule has 1 saturated heterocycles. The van der Waals surface area contributed by atoms with Crippen LogP contribution in [0, 0.1) is 6.92 Å². The number of hydrogen-bond donors (Lipinski definition) is 1. The van der Waals surface area contributed by atoms with Crippen molar-refractivity contribution in [3.05, 3.63) is 59.8 Å². The number of aromatic nitrogens is 1. The molecule has 6 heteroatoms. The van der Waals surface area contributed by atoms with E-state index in [4.69, 9.17) is 14.5 Å². The van der Waals surface area contributed by atoms with Crippen LogP contribution in [0.25, 0.3) is 10.9 Å². The van der Waals surface area contributed by atoms with Crippen molar-refractivity contribution in [1.29, 1.82) is 0 Å². The number of carbonyl (C=O) groups excluding carboxylic acids is 1. The standard InChI is InChI=1S/C25H29N3O3/c1-4-31-21-11-12-28(16-21)24-13-17(2)26-23-15-19(7-10-22(23)24)27-25(29)14-18-5-8-20(30-3)9-6-18/h5-10,13,15,21H,4,11-12,14,16H2,1-3H3,(H,27,29)/t21-/m0/s1. The quantitative estimate of drug-likeness (QED) is 0.617. The van der Waals surface area contributed by atoms with E-state index < -0.39 is 0 Å². The van der Waals surface area contributed by atoms with Crippen LogP contribution in [0.2, 0.25) is 0 Å². The first-order valence-electron chi connectivity index (χ1n) is 10.8. The Labute approximate surface area is 183 Å². The number of carbonyl (C=O) groups is 1. The molecule has 1 aliphatic rings. The minimum absolute atomic E-state index is 0.0588. The van der Waals surface area contributed by atoms with Crippen LogP contribution in [-0.4, -0.2) is 43.8 Å². The van der Waals surface area contributed by atoms with Gasteiger partial charge in [0.1, 0.15) is 5.75 Å². The smallest absolute Gasteiger partial charge is 0.228 e. The lowest BCUT2D eigenvalue weighted by Crippen LogP contribution is -2.23. The van der Waals surface area contributed by atoms with Gasteiger partial charge in [-0.2, -0.15) is 0 Å². The number of benzene rings is 2. The highest BCUT2D eigenvalue weighted by atomic mass is 16.5. The van der Waals surface area contributed by atoms with Crippen LogP contribution in [0.5, 0.6) is 5.75 Å². The normalized spacial score (nSPS) is 16.0. The third-order valence-electron chi connectivity index (χ3n) is 5.61. The van der Waals surface area contributed by atoms with Gasteiger partial charge < -0.3 is 19.7 Å². The summed E-state index contributed by atoms with van der Waals surface area (Å²) in [6, 6.07) is 15.6. The van der Waals surface area contributed by atoms with Crippen molar-refractivity contribution >= 4 is 28.2 Å². The molecule has 162 valence electrons. The Bertz CT molecular complexity index is 1070. The molecule has 2 heterocycles. The lowest BCUT2D eigenvalue weighted by atomic mass is 10.1. The van der Waals surface area contributed by atoms with Crippen molar-refractivity contribution in [2.75, 3.05) is 37.0 Å². The van der Waals surface area contributed by atoms with E-state index in [1.54, 1.807) is 7.11 Å². The number of pyridine rings is 1. The van der Waals surface area contributed by atoms with Crippen LogP contribution >= 0.6 is 0 Å². The summed E-state index contributed by atoms with van der Waals surface area (Å²) in [5.74, 6) is 0.720. The maximum absolute atomic E-state index is 12.5. The summed E-state index contributed by atoms with van der Waals surface area (Å²) in [6.07, 6.45) is 1.63. The van der Waals surface area contributed by atoms with Gasteiger partial charge in [0.05, 0.1) is 25.2 Å². The Morgan fingerprint density at radius 3 is 2.74 bits per heavy atom. The van der Waals surface area contributed by atoms with E-state index >= 15 is 0 Å². The molecular formula is C25H29N3O3. The molecule has 1 N–H and O–H groups in total. The molecule has 0 radical (unpaired) electrons. The molecule has 1 fully saturated rings. The molecule has 0 unspecified atom stereocenters. The molecule has 4 rings (SSSR count). The number of nitrogens with one attached hydrogen (secondary N) is 1. The van der Waals surface area contributed by atoms with E-state index in [1.807, 2.05) is 56.3 Å². The highest BCUT2D eigenvalue weighted by Gasteiger charge is 2.24. The van der Waals surface area contributed by atoms with Gasteiger partial charge in [-0.3, -0.25) is 9.78 Å². The predicted octanol–water partition coefficient (Wildman–Crippen LogP) is 4.35. The zero-order valence-corrected chi connectivity index (χ0v) is 18.4. The van der Waals surface area contributed by atoms with Gasteiger partial charge in [0, 0.05) is 42.2 Å². The molecule has 3 aromatic rings. The van der Waals surface area contributed by atoms with Gasteiger partial charge in [-0.05, 0) is 62.2 Å². The van der Waals surface area contributed by atoms with Crippen molar-refractivity contribution in [2.24, 2.45) is 0 Å². The topological polar surface area (TPSA) is 63.7 Å². The number of fused-ring (bicyclic) bond motifs is 1. The Hall–Kier alpha value is -3.12. The first-order chi connectivity index (χ1) is 15.1. The number of ether oxygens (including phenoxy) is 2. The maximum atomic E-state index is 12.5. The first-order valence-corrected chi connectivity index (χ1v) is 10.8. The summed E-state index contributed by atoms with van der Waals surface area (Å²) in [4.78, 5) is 19.6. The number of amides is 1. The second-order valence-corrected chi connectivity index (χ2v) is 7.90. The van der Waals surface area contributed by atoms with Crippen LogP contribution in [0.3, 0.4) is 0 Å². The van der Waals surface area contributed by atoms with Crippen LogP contribution in [0.4, 0.5) is 11.4 Å². The largest absolute Gasteiger partial charge is 0.497 e. The molecule has 0 spiro atoms. The van der Waals surface area contributed by atoms with E-state index in [2.05, 4.69) is 16.3 Å². The summed E-state index contributed by atoms with van der Waals surface area (Å²) in [6.45, 7) is 6.66. The lowest BCUT2D eigenvalue weighted by molar-refractivity contribution is -0.115. The molecule has 1 aliphatic heterocycles. The maximum Gasteiger partial charge on any atom is 0.228 e. The summed E-state index contributed by atoms with van der Waals surface area (Å²) >= 11 is 0.